The van der Waals surface area contributed by atoms with E-state index in [1.165, 1.54) is 0 Å². The van der Waals surface area contributed by atoms with Crippen molar-refractivity contribution < 1.29 is 25.3 Å². The topological polar surface area (TPSA) is 102 Å². The standard InChI is InChI=1S/C6H13NO5/c8-2-4-6(10)5(9)3(12-4)1-7-11/h3-11H,1-2H2/t3-,4+,5?,6-/m0/s1. The molecule has 1 saturated heterocycles. The van der Waals surface area contributed by atoms with Gasteiger partial charge in [-0.3, -0.25) is 0 Å². The average molecular weight is 179 g/mol. The fourth-order valence-corrected chi connectivity index (χ4v) is 1.24. The zero-order chi connectivity index (χ0) is 9.14. The number of aliphatic hydroxyl groups is 3. The lowest BCUT2D eigenvalue weighted by Crippen LogP contribution is -2.37. The van der Waals surface area contributed by atoms with Crippen LogP contribution in [-0.4, -0.2) is 58.1 Å². The van der Waals surface area contributed by atoms with Crippen molar-refractivity contribution in [2.45, 2.75) is 24.4 Å². The lowest BCUT2D eigenvalue weighted by Gasteiger charge is -2.12. The normalized spacial score (nSPS) is 42.0. The van der Waals surface area contributed by atoms with Crippen LogP contribution in [0.15, 0.2) is 0 Å². The summed E-state index contributed by atoms with van der Waals surface area (Å²) >= 11 is 0. The summed E-state index contributed by atoms with van der Waals surface area (Å²) in [6, 6.07) is 0. The molecule has 0 saturated carbocycles. The largest absolute Gasteiger partial charge is 0.394 e. The maximum absolute atomic E-state index is 9.25. The van der Waals surface area contributed by atoms with Crippen LogP contribution in [0.2, 0.25) is 0 Å². The van der Waals surface area contributed by atoms with Crippen molar-refractivity contribution in [1.29, 1.82) is 0 Å². The van der Waals surface area contributed by atoms with Crippen molar-refractivity contribution in [1.82, 2.24) is 5.48 Å². The van der Waals surface area contributed by atoms with Crippen LogP contribution >= 0.6 is 0 Å². The van der Waals surface area contributed by atoms with Crippen LogP contribution < -0.4 is 5.48 Å². The lowest BCUT2D eigenvalue weighted by atomic mass is 10.1. The molecule has 0 aromatic rings. The second-order valence-corrected chi connectivity index (χ2v) is 2.74. The first kappa shape index (κ1) is 9.85. The number of nitrogens with one attached hydrogen (secondary N) is 1. The molecule has 1 unspecified atom stereocenters. The van der Waals surface area contributed by atoms with Crippen molar-refractivity contribution in [3.63, 3.8) is 0 Å². The first-order valence-corrected chi connectivity index (χ1v) is 3.70. The smallest absolute Gasteiger partial charge is 0.111 e. The number of hydrogen-bond acceptors (Lipinski definition) is 6. The quantitative estimate of drug-likeness (QED) is 0.306. The Morgan fingerprint density at radius 1 is 1.17 bits per heavy atom. The predicted octanol–water partition coefficient (Wildman–Crippen LogP) is -2.55. The van der Waals surface area contributed by atoms with Gasteiger partial charge in [-0.2, -0.15) is 0 Å². The summed E-state index contributed by atoms with van der Waals surface area (Å²) in [5, 5.41) is 35.4. The molecule has 1 aliphatic rings. The van der Waals surface area contributed by atoms with Gasteiger partial charge in [0.05, 0.1) is 6.61 Å². The Morgan fingerprint density at radius 2 is 1.75 bits per heavy atom. The second kappa shape index (κ2) is 4.13. The molecular weight excluding hydrogens is 166 g/mol. The van der Waals surface area contributed by atoms with Gasteiger partial charge in [0.1, 0.15) is 24.4 Å². The van der Waals surface area contributed by atoms with E-state index in [1.807, 2.05) is 5.48 Å². The summed E-state index contributed by atoms with van der Waals surface area (Å²) in [5.41, 5.74) is 1.83. The highest BCUT2D eigenvalue weighted by molar-refractivity contribution is 4.90. The van der Waals surface area contributed by atoms with E-state index in [4.69, 9.17) is 15.1 Å². The van der Waals surface area contributed by atoms with Crippen LogP contribution in [0.25, 0.3) is 0 Å². The van der Waals surface area contributed by atoms with Gasteiger partial charge >= 0.3 is 0 Å². The minimum absolute atomic E-state index is 0.0225. The molecule has 1 rings (SSSR count). The average Bonchev–Trinajstić information content (AvgIpc) is 2.33. The summed E-state index contributed by atoms with van der Waals surface area (Å²) in [7, 11) is 0. The van der Waals surface area contributed by atoms with Gasteiger partial charge in [0, 0.05) is 6.54 Å². The monoisotopic (exact) mass is 179 g/mol. The van der Waals surface area contributed by atoms with E-state index < -0.39 is 24.4 Å². The van der Waals surface area contributed by atoms with E-state index in [-0.39, 0.29) is 13.2 Å². The van der Waals surface area contributed by atoms with Crippen molar-refractivity contribution in [3.8, 4) is 0 Å². The summed E-state index contributed by atoms with van der Waals surface area (Å²) in [5.74, 6) is 0. The van der Waals surface area contributed by atoms with Gasteiger partial charge in [-0.15, -0.1) is 0 Å². The molecule has 1 fully saturated rings. The molecule has 0 aromatic carbocycles. The van der Waals surface area contributed by atoms with E-state index >= 15 is 0 Å². The molecule has 72 valence electrons. The van der Waals surface area contributed by atoms with Crippen LogP contribution in [0.3, 0.4) is 0 Å². The Balaban J connectivity index is 2.48. The van der Waals surface area contributed by atoms with E-state index in [0.717, 1.165) is 0 Å². The van der Waals surface area contributed by atoms with E-state index in [2.05, 4.69) is 0 Å². The van der Waals surface area contributed by atoms with Crippen LogP contribution in [0.4, 0.5) is 0 Å². The number of hydrogen-bond donors (Lipinski definition) is 5. The Morgan fingerprint density at radius 3 is 2.17 bits per heavy atom. The fraction of sp³-hybridized carbons (Fsp3) is 1.00. The number of hydroxylamine groups is 1. The maximum atomic E-state index is 9.25. The third kappa shape index (κ3) is 1.74. The molecule has 6 nitrogen and oxygen atoms in total. The molecule has 0 spiro atoms. The number of ether oxygens (including phenoxy) is 1. The highest BCUT2D eigenvalue weighted by Gasteiger charge is 2.41. The SMILES string of the molecule is OC[C@H]1O[C@@H](CNO)C(O)[C@H]1O. The van der Waals surface area contributed by atoms with Crippen molar-refractivity contribution >= 4 is 0 Å². The van der Waals surface area contributed by atoms with Crippen molar-refractivity contribution in [3.05, 3.63) is 0 Å². The molecule has 6 heteroatoms. The predicted molar refractivity (Wildman–Crippen MR) is 37.5 cm³/mol. The molecule has 1 heterocycles. The molecule has 5 N–H and O–H groups in total. The Labute approximate surface area is 69.4 Å². The number of aliphatic hydroxyl groups excluding tert-OH is 3. The first-order chi connectivity index (χ1) is 5.70. The molecule has 0 aliphatic carbocycles. The van der Waals surface area contributed by atoms with Gasteiger partial charge in [-0.1, -0.05) is 0 Å². The summed E-state index contributed by atoms with van der Waals surface area (Å²) < 4.78 is 5.00. The van der Waals surface area contributed by atoms with Gasteiger partial charge in [-0.05, 0) is 0 Å². The molecule has 12 heavy (non-hydrogen) atoms. The molecule has 1 aliphatic heterocycles. The molecule has 0 aromatic heterocycles. The van der Waals surface area contributed by atoms with Crippen molar-refractivity contribution in [2.75, 3.05) is 13.2 Å². The minimum atomic E-state index is -1.09. The third-order valence-electron chi connectivity index (χ3n) is 1.93. The van der Waals surface area contributed by atoms with E-state index in [0.29, 0.717) is 0 Å². The lowest BCUT2D eigenvalue weighted by molar-refractivity contribution is -0.0311. The highest BCUT2D eigenvalue weighted by atomic mass is 16.6. The van der Waals surface area contributed by atoms with E-state index in [9.17, 15) is 10.2 Å². The van der Waals surface area contributed by atoms with Crippen LogP contribution in [-0.2, 0) is 4.74 Å². The van der Waals surface area contributed by atoms with E-state index in [1.54, 1.807) is 0 Å². The summed E-state index contributed by atoms with van der Waals surface area (Å²) in [6.07, 6.45) is -3.60. The van der Waals surface area contributed by atoms with Crippen LogP contribution in [0.1, 0.15) is 0 Å². The minimum Gasteiger partial charge on any atom is -0.394 e. The van der Waals surface area contributed by atoms with Gasteiger partial charge in [0.15, 0.2) is 0 Å². The summed E-state index contributed by atoms with van der Waals surface area (Å²) in [4.78, 5) is 0. The second-order valence-electron chi connectivity index (χ2n) is 2.74. The van der Waals surface area contributed by atoms with Gasteiger partial charge < -0.3 is 25.3 Å². The van der Waals surface area contributed by atoms with Gasteiger partial charge in [0.25, 0.3) is 0 Å². The Hall–Kier alpha value is -0.240. The molecular formula is C6H13NO5. The van der Waals surface area contributed by atoms with Crippen LogP contribution in [0, 0.1) is 0 Å². The summed E-state index contributed by atoms with van der Waals surface area (Å²) in [6.45, 7) is -0.325. The highest BCUT2D eigenvalue weighted by Crippen LogP contribution is 2.20. The molecule has 0 amide bonds. The fourth-order valence-electron chi connectivity index (χ4n) is 1.24. The molecule has 0 bridgehead atoms. The van der Waals surface area contributed by atoms with Crippen LogP contribution in [0.5, 0.6) is 0 Å². The molecule has 0 radical (unpaired) electrons. The van der Waals surface area contributed by atoms with Crippen molar-refractivity contribution in [2.24, 2.45) is 0 Å². The first-order valence-electron chi connectivity index (χ1n) is 3.70. The zero-order valence-corrected chi connectivity index (χ0v) is 6.42. The van der Waals surface area contributed by atoms with Gasteiger partial charge in [-0.25, -0.2) is 5.48 Å². The third-order valence-corrected chi connectivity index (χ3v) is 1.93. The Kier molecular flexibility index (Phi) is 3.39. The maximum Gasteiger partial charge on any atom is 0.111 e. The number of rotatable bonds is 3. The van der Waals surface area contributed by atoms with Gasteiger partial charge in [0.2, 0.25) is 0 Å². The zero-order valence-electron chi connectivity index (χ0n) is 6.42. The molecule has 4 atom stereocenters. The Bertz CT molecular complexity index is 144.